The van der Waals surface area contributed by atoms with Crippen LogP contribution in [-0.2, 0) is 20.8 Å². The molecule has 0 radical (unpaired) electrons. The Kier molecular flexibility index (Phi) is 8.04. The molecule has 2 unspecified atom stereocenters. The van der Waals surface area contributed by atoms with Gasteiger partial charge in [0.05, 0.1) is 32.5 Å². The van der Waals surface area contributed by atoms with Crippen LogP contribution in [-0.4, -0.2) is 62.3 Å². The molecule has 36 heavy (non-hydrogen) atoms. The summed E-state index contributed by atoms with van der Waals surface area (Å²) < 4.78 is 74.9. The summed E-state index contributed by atoms with van der Waals surface area (Å²) in [5, 5.41) is 0. The van der Waals surface area contributed by atoms with Crippen LogP contribution in [0, 0.1) is 5.82 Å². The topological polar surface area (TPSA) is 57.2 Å². The first-order valence-corrected chi connectivity index (χ1v) is 11.8. The number of hydrogen-bond acceptors (Lipinski definition) is 5. The van der Waals surface area contributed by atoms with Gasteiger partial charge in [-0.05, 0) is 54.7 Å². The van der Waals surface area contributed by atoms with Crippen LogP contribution in [0.3, 0.4) is 0 Å². The molecule has 196 valence electrons. The number of likely N-dealkylation sites (tertiary alicyclic amines) is 1. The van der Waals surface area contributed by atoms with Crippen molar-refractivity contribution in [2.24, 2.45) is 0 Å². The lowest BCUT2D eigenvalue weighted by Gasteiger charge is -2.38. The van der Waals surface area contributed by atoms with Crippen molar-refractivity contribution < 1.29 is 41.3 Å². The molecule has 1 spiro atoms. The van der Waals surface area contributed by atoms with Gasteiger partial charge in [0.1, 0.15) is 11.6 Å². The van der Waals surface area contributed by atoms with Crippen molar-refractivity contribution in [1.82, 2.24) is 4.90 Å². The van der Waals surface area contributed by atoms with Gasteiger partial charge in [0, 0.05) is 19.0 Å². The Bertz CT molecular complexity index is 1000. The highest BCUT2D eigenvalue weighted by atomic mass is 19.4. The molecular weight excluding hydrogens is 482 g/mol. The summed E-state index contributed by atoms with van der Waals surface area (Å²) in [6.45, 7) is 0.0741. The van der Waals surface area contributed by atoms with Crippen LogP contribution in [0.5, 0.6) is 5.75 Å². The summed E-state index contributed by atoms with van der Waals surface area (Å²) in [4.78, 5) is 13.8. The number of methoxy groups -OCH3 is 1. The van der Waals surface area contributed by atoms with E-state index in [-0.39, 0.29) is 31.4 Å². The van der Waals surface area contributed by atoms with E-state index in [0.717, 1.165) is 5.56 Å². The maximum atomic E-state index is 13.5. The standard InChI is InChI=1S/C26H29F4NO5/c1-33-22-8-2-18(3-9-22)15-34-17-23(26(28,29)30)36-24(32)31-12-10-25(11-13-31)14-20(16-35-25)19-4-6-21(27)7-5-19/h2-9,20,23H,10-17H2,1H3. The Balaban J connectivity index is 1.26. The van der Waals surface area contributed by atoms with Gasteiger partial charge in [0.2, 0.25) is 6.10 Å². The lowest BCUT2D eigenvalue weighted by molar-refractivity contribution is -0.220. The summed E-state index contributed by atoms with van der Waals surface area (Å²) in [6, 6.07) is 13.0. The SMILES string of the molecule is COc1ccc(COCC(OC(=O)N2CCC3(CC2)CC(c2ccc(F)cc2)CO3)C(F)(F)F)cc1. The first kappa shape index (κ1) is 26.2. The minimum Gasteiger partial charge on any atom is -0.497 e. The summed E-state index contributed by atoms with van der Waals surface area (Å²) >= 11 is 0. The van der Waals surface area contributed by atoms with Gasteiger partial charge in [-0.25, -0.2) is 9.18 Å². The predicted molar refractivity (Wildman–Crippen MR) is 122 cm³/mol. The predicted octanol–water partition coefficient (Wildman–Crippen LogP) is 5.46. The molecular formula is C26H29F4NO5. The van der Waals surface area contributed by atoms with E-state index in [4.69, 9.17) is 18.9 Å². The number of hydrogen-bond donors (Lipinski definition) is 0. The minimum absolute atomic E-state index is 0.0626. The number of nitrogens with zero attached hydrogens (tertiary/aromatic N) is 1. The zero-order valence-corrected chi connectivity index (χ0v) is 19.9. The Morgan fingerprint density at radius 2 is 1.78 bits per heavy atom. The van der Waals surface area contributed by atoms with Gasteiger partial charge in [-0.1, -0.05) is 24.3 Å². The van der Waals surface area contributed by atoms with Crippen molar-refractivity contribution in [2.75, 3.05) is 33.4 Å². The first-order valence-electron chi connectivity index (χ1n) is 11.8. The van der Waals surface area contributed by atoms with Crippen molar-refractivity contribution in [3.63, 3.8) is 0 Å². The van der Waals surface area contributed by atoms with Gasteiger partial charge >= 0.3 is 12.3 Å². The highest BCUT2D eigenvalue weighted by molar-refractivity contribution is 5.68. The van der Waals surface area contributed by atoms with Crippen molar-refractivity contribution in [3.05, 3.63) is 65.5 Å². The molecule has 4 rings (SSSR count). The van der Waals surface area contributed by atoms with E-state index >= 15 is 0 Å². The molecule has 1 amide bonds. The zero-order valence-electron chi connectivity index (χ0n) is 19.9. The quantitative estimate of drug-likeness (QED) is 0.463. The van der Waals surface area contributed by atoms with Gasteiger partial charge in [0.25, 0.3) is 0 Å². The molecule has 10 heteroatoms. The highest BCUT2D eigenvalue weighted by Gasteiger charge is 2.46. The monoisotopic (exact) mass is 511 g/mol. The van der Waals surface area contributed by atoms with Crippen LogP contribution in [0.2, 0.25) is 0 Å². The summed E-state index contributed by atoms with van der Waals surface area (Å²) in [7, 11) is 1.52. The minimum atomic E-state index is -4.76. The molecule has 0 bridgehead atoms. The molecule has 2 heterocycles. The maximum Gasteiger partial charge on any atom is 0.427 e. The molecule has 2 aromatic carbocycles. The Morgan fingerprint density at radius 1 is 1.11 bits per heavy atom. The van der Waals surface area contributed by atoms with E-state index < -0.39 is 30.6 Å². The fourth-order valence-electron chi connectivity index (χ4n) is 4.64. The van der Waals surface area contributed by atoms with E-state index in [1.54, 1.807) is 36.4 Å². The van der Waals surface area contributed by atoms with E-state index in [1.807, 2.05) is 0 Å². The number of benzene rings is 2. The number of carbonyl (C=O) groups excluding carboxylic acids is 1. The average Bonchev–Trinajstić information content (AvgIpc) is 3.27. The second-order valence-electron chi connectivity index (χ2n) is 9.21. The van der Waals surface area contributed by atoms with E-state index in [1.165, 1.54) is 24.1 Å². The van der Waals surface area contributed by atoms with Crippen LogP contribution in [0.4, 0.5) is 22.4 Å². The van der Waals surface area contributed by atoms with Crippen molar-refractivity contribution in [1.29, 1.82) is 0 Å². The third-order valence-corrected chi connectivity index (χ3v) is 6.79. The lowest BCUT2D eigenvalue weighted by atomic mass is 9.83. The van der Waals surface area contributed by atoms with Crippen LogP contribution >= 0.6 is 0 Å². The number of alkyl halides is 3. The third kappa shape index (κ3) is 6.47. The lowest BCUT2D eigenvalue weighted by Crippen LogP contribution is -2.49. The van der Waals surface area contributed by atoms with Gasteiger partial charge in [0.15, 0.2) is 0 Å². The molecule has 6 nitrogen and oxygen atoms in total. The molecule has 2 aliphatic rings. The molecule has 0 saturated carbocycles. The number of carbonyl (C=O) groups is 1. The van der Waals surface area contributed by atoms with Crippen molar-refractivity contribution >= 4 is 6.09 Å². The Morgan fingerprint density at radius 3 is 2.39 bits per heavy atom. The maximum absolute atomic E-state index is 13.5. The molecule has 0 N–H and O–H groups in total. The van der Waals surface area contributed by atoms with Gasteiger partial charge < -0.3 is 23.8 Å². The third-order valence-electron chi connectivity index (χ3n) is 6.79. The molecule has 0 aromatic heterocycles. The fraction of sp³-hybridized carbons (Fsp3) is 0.500. The first-order chi connectivity index (χ1) is 17.2. The molecule has 2 atom stereocenters. The number of halogens is 4. The van der Waals surface area contributed by atoms with Crippen LogP contribution < -0.4 is 4.74 Å². The number of rotatable bonds is 7. The smallest absolute Gasteiger partial charge is 0.427 e. The molecule has 2 fully saturated rings. The zero-order chi connectivity index (χ0) is 25.8. The van der Waals surface area contributed by atoms with E-state index in [9.17, 15) is 22.4 Å². The Labute approximate surface area is 207 Å². The van der Waals surface area contributed by atoms with Gasteiger partial charge in [-0.15, -0.1) is 0 Å². The number of piperidine rings is 1. The average molecular weight is 512 g/mol. The molecule has 2 saturated heterocycles. The van der Waals surface area contributed by atoms with Crippen LogP contribution in [0.1, 0.15) is 36.3 Å². The summed E-state index contributed by atoms with van der Waals surface area (Å²) in [5.41, 5.74) is 1.21. The van der Waals surface area contributed by atoms with Gasteiger partial charge in [-0.3, -0.25) is 0 Å². The van der Waals surface area contributed by atoms with Crippen molar-refractivity contribution in [2.45, 2.75) is 49.7 Å². The van der Waals surface area contributed by atoms with Crippen LogP contribution in [0.15, 0.2) is 48.5 Å². The largest absolute Gasteiger partial charge is 0.497 e. The second kappa shape index (κ2) is 11.0. The summed E-state index contributed by atoms with van der Waals surface area (Å²) in [5.74, 6) is 0.433. The van der Waals surface area contributed by atoms with Crippen LogP contribution in [0.25, 0.3) is 0 Å². The van der Waals surface area contributed by atoms with Gasteiger partial charge in [-0.2, -0.15) is 13.2 Å². The molecule has 2 aromatic rings. The highest BCUT2D eigenvalue weighted by Crippen LogP contribution is 2.43. The molecule has 0 aliphatic carbocycles. The van der Waals surface area contributed by atoms with E-state index in [0.29, 0.717) is 37.2 Å². The Hall–Kier alpha value is -2.85. The number of ether oxygens (including phenoxy) is 4. The normalized spacial score (nSPS) is 20.4. The van der Waals surface area contributed by atoms with Crippen molar-refractivity contribution in [3.8, 4) is 5.75 Å². The summed E-state index contributed by atoms with van der Waals surface area (Å²) in [6.07, 6.45) is -6.46. The number of amides is 1. The fourth-order valence-corrected chi connectivity index (χ4v) is 4.64. The second-order valence-corrected chi connectivity index (χ2v) is 9.21. The van der Waals surface area contributed by atoms with E-state index in [2.05, 4.69) is 0 Å². The molecule has 2 aliphatic heterocycles.